The molecule has 12 rings (SSSR count). The molecule has 4 nitrogen and oxygen atoms in total. The number of fused-ring (bicyclic) bond motifs is 9. The van der Waals surface area contributed by atoms with Crippen LogP contribution in [0.1, 0.15) is 0 Å². The van der Waals surface area contributed by atoms with Crippen molar-refractivity contribution < 1.29 is 0 Å². The van der Waals surface area contributed by atoms with Gasteiger partial charge in [0.25, 0.3) is 0 Å². The maximum Gasteiger partial charge on any atom is 0.0542 e. The number of rotatable bonds is 5. The van der Waals surface area contributed by atoms with Crippen LogP contribution in [0.4, 0.5) is 0 Å². The van der Waals surface area contributed by atoms with E-state index in [1.165, 1.54) is 82.2 Å². The number of nitrogens with zero attached hydrogens (tertiary/aromatic N) is 4. The van der Waals surface area contributed by atoms with Crippen LogP contribution in [0.2, 0.25) is 0 Å². The molecule has 57 heavy (non-hydrogen) atoms. The van der Waals surface area contributed by atoms with E-state index in [1.807, 2.05) is 18.5 Å². The lowest BCUT2D eigenvalue weighted by Crippen LogP contribution is -1.95. The van der Waals surface area contributed by atoms with Gasteiger partial charge in [-0.05, 0) is 113 Å². The topological polar surface area (TPSA) is 27.7 Å². The van der Waals surface area contributed by atoms with Crippen molar-refractivity contribution in [3.63, 3.8) is 0 Å². The van der Waals surface area contributed by atoms with Gasteiger partial charge in [0.1, 0.15) is 0 Å². The Labute approximate surface area is 328 Å². The number of hydrogen-bond donors (Lipinski definition) is 0. The molecule has 8 aromatic carbocycles. The van der Waals surface area contributed by atoms with Gasteiger partial charge < -0.3 is 13.7 Å². The molecule has 0 bridgehead atoms. The van der Waals surface area contributed by atoms with E-state index in [4.69, 9.17) is 0 Å². The fraction of sp³-hybridized carbons (Fsp3) is 0. The van der Waals surface area contributed by atoms with Crippen LogP contribution in [-0.2, 0) is 0 Å². The molecule has 0 N–H and O–H groups in total. The van der Waals surface area contributed by atoms with Crippen LogP contribution in [0.15, 0.2) is 207 Å². The van der Waals surface area contributed by atoms with Gasteiger partial charge in [-0.1, -0.05) is 103 Å². The lowest BCUT2D eigenvalue weighted by molar-refractivity contribution is 1.17. The van der Waals surface area contributed by atoms with Crippen molar-refractivity contribution in [2.24, 2.45) is 0 Å². The van der Waals surface area contributed by atoms with Crippen molar-refractivity contribution in [2.45, 2.75) is 0 Å². The van der Waals surface area contributed by atoms with Crippen molar-refractivity contribution in [1.82, 2.24) is 18.7 Å². The molecule has 0 fully saturated rings. The fourth-order valence-electron chi connectivity index (χ4n) is 9.15. The van der Waals surface area contributed by atoms with Gasteiger partial charge in [0.15, 0.2) is 0 Å². The molecule has 0 aliphatic heterocycles. The third-order valence-electron chi connectivity index (χ3n) is 11.7. The molecule has 266 valence electrons. The number of benzene rings is 8. The van der Waals surface area contributed by atoms with E-state index < -0.39 is 0 Å². The van der Waals surface area contributed by atoms with Gasteiger partial charge >= 0.3 is 0 Å². The van der Waals surface area contributed by atoms with Crippen LogP contribution in [0.5, 0.6) is 0 Å². The maximum absolute atomic E-state index is 4.32. The molecule has 0 saturated heterocycles. The summed E-state index contributed by atoms with van der Waals surface area (Å²) in [5.41, 5.74) is 15.3. The maximum atomic E-state index is 4.32. The zero-order chi connectivity index (χ0) is 37.5. The second kappa shape index (κ2) is 12.4. The number of hydrogen-bond acceptors (Lipinski definition) is 1. The highest BCUT2D eigenvalue weighted by molar-refractivity contribution is 6.14. The Hall–Kier alpha value is -7.69. The Morgan fingerprint density at radius 3 is 1.23 bits per heavy atom. The molecule has 4 heteroatoms. The van der Waals surface area contributed by atoms with Crippen LogP contribution >= 0.6 is 0 Å². The zero-order valence-electron chi connectivity index (χ0n) is 30.9. The third kappa shape index (κ3) is 4.84. The molecular formula is C53H34N4. The molecule has 4 aromatic heterocycles. The summed E-state index contributed by atoms with van der Waals surface area (Å²) in [7, 11) is 0. The number of para-hydroxylation sites is 4. The minimum atomic E-state index is 1.12. The first-order valence-corrected chi connectivity index (χ1v) is 19.5. The van der Waals surface area contributed by atoms with Gasteiger partial charge in [-0.25, -0.2) is 0 Å². The summed E-state index contributed by atoms with van der Waals surface area (Å²) < 4.78 is 7.19. The molecule has 0 spiro atoms. The van der Waals surface area contributed by atoms with Crippen molar-refractivity contribution in [3.8, 4) is 39.3 Å². The molecule has 0 saturated carbocycles. The minimum absolute atomic E-state index is 1.12. The van der Waals surface area contributed by atoms with Gasteiger partial charge in [0.2, 0.25) is 0 Å². The molecule has 0 aliphatic carbocycles. The van der Waals surface area contributed by atoms with Crippen LogP contribution in [0.25, 0.3) is 105 Å². The van der Waals surface area contributed by atoms with E-state index in [9.17, 15) is 0 Å². The molecule has 0 atom stereocenters. The first kappa shape index (κ1) is 31.6. The van der Waals surface area contributed by atoms with Gasteiger partial charge in [-0.3, -0.25) is 4.98 Å². The van der Waals surface area contributed by atoms with Crippen molar-refractivity contribution in [3.05, 3.63) is 207 Å². The molecule has 0 unspecified atom stereocenters. The van der Waals surface area contributed by atoms with E-state index in [0.29, 0.717) is 0 Å². The van der Waals surface area contributed by atoms with Crippen LogP contribution in [-0.4, -0.2) is 18.7 Å². The predicted octanol–water partition coefficient (Wildman–Crippen LogP) is 13.7. The Balaban J connectivity index is 0.996. The largest absolute Gasteiger partial charge is 0.309 e. The van der Waals surface area contributed by atoms with Crippen LogP contribution < -0.4 is 0 Å². The van der Waals surface area contributed by atoms with Crippen molar-refractivity contribution in [1.29, 1.82) is 0 Å². The van der Waals surface area contributed by atoms with Crippen LogP contribution in [0, 0.1) is 0 Å². The Morgan fingerprint density at radius 1 is 0.263 bits per heavy atom. The highest BCUT2D eigenvalue weighted by atomic mass is 15.0. The van der Waals surface area contributed by atoms with E-state index in [0.717, 1.165) is 22.5 Å². The second-order valence-corrected chi connectivity index (χ2v) is 14.8. The lowest BCUT2D eigenvalue weighted by Gasteiger charge is -2.11. The average Bonchev–Trinajstić information content (AvgIpc) is 3.92. The van der Waals surface area contributed by atoms with Crippen molar-refractivity contribution >= 4 is 65.4 Å². The summed E-state index contributed by atoms with van der Waals surface area (Å²) >= 11 is 0. The number of aromatic nitrogens is 4. The molecule has 0 amide bonds. The highest BCUT2D eigenvalue weighted by Crippen LogP contribution is 2.40. The lowest BCUT2D eigenvalue weighted by atomic mass is 10.0. The van der Waals surface area contributed by atoms with Crippen molar-refractivity contribution in [2.75, 3.05) is 0 Å². The Kier molecular flexibility index (Phi) is 6.89. The third-order valence-corrected chi connectivity index (χ3v) is 11.7. The van der Waals surface area contributed by atoms with Gasteiger partial charge in [0.05, 0.1) is 33.1 Å². The second-order valence-electron chi connectivity index (χ2n) is 14.8. The van der Waals surface area contributed by atoms with E-state index in [2.05, 4.69) is 207 Å². The quantitative estimate of drug-likeness (QED) is 0.174. The van der Waals surface area contributed by atoms with E-state index >= 15 is 0 Å². The molecule has 4 heterocycles. The summed E-state index contributed by atoms with van der Waals surface area (Å²) in [6.45, 7) is 0. The fourth-order valence-corrected chi connectivity index (χ4v) is 9.15. The summed E-state index contributed by atoms with van der Waals surface area (Å²) in [6, 6.07) is 70.7. The van der Waals surface area contributed by atoms with Gasteiger partial charge in [0, 0.05) is 61.8 Å². The molecule has 0 radical (unpaired) electrons. The Morgan fingerprint density at radius 2 is 0.684 bits per heavy atom. The van der Waals surface area contributed by atoms with E-state index in [1.54, 1.807) is 0 Å². The zero-order valence-corrected chi connectivity index (χ0v) is 30.9. The summed E-state index contributed by atoms with van der Waals surface area (Å²) in [5, 5.41) is 7.46. The van der Waals surface area contributed by atoms with Gasteiger partial charge in [-0.15, -0.1) is 0 Å². The SMILES string of the molecule is c1ccc(-n2c3ccccc3c3cc(-n4c5ccccc5c5cc(-c6ccc7c(c6)c6ccccc6n7-c6ccc(-c7cccnc7)cc6)ccc54)ccc32)cc1. The predicted molar refractivity (Wildman–Crippen MR) is 238 cm³/mol. The molecule has 12 aromatic rings. The molecule has 0 aliphatic rings. The summed E-state index contributed by atoms with van der Waals surface area (Å²) in [5.74, 6) is 0. The first-order valence-electron chi connectivity index (χ1n) is 19.5. The summed E-state index contributed by atoms with van der Waals surface area (Å²) in [6.07, 6.45) is 3.73. The monoisotopic (exact) mass is 726 g/mol. The van der Waals surface area contributed by atoms with Crippen LogP contribution in [0.3, 0.4) is 0 Å². The summed E-state index contributed by atoms with van der Waals surface area (Å²) in [4.78, 5) is 4.32. The standard InChI is InChI=1S/C53H34N4/c1-2-12-39(13-3-1)55-49-18-8-6-16-44(49)47-33-41(26-29-53(47)55)57-50-19-9-5-15-43(50)46-32-37(23-28-52(46)57)36-22-27-51-45(31-36)42-14-4-7-17-48(42)56(51)40-24-20-35(21-25-40)38-11-10-30-54-34-38/h1-34H. The Bertz CT molecular complexity index is 3500. The van der Waals surface area contributed by atoms with E-state index in [-0.39, 0.29) is 0 Å². The average molecular weight is 727 g/mol. The molecular weight excluding hydrogens is 693 g/mol. The van der Waals surface area contributed by atoms with Gasteiger partial charge in [-0.2, -0.15) is 0 Å². The number of pyridine rings is 1. The minimum Gasteiger partial charge on any atom is -0.309 e. The normalized spacial score (nSPS) is 11.9. The first-order chi connectivity index (χ1) is 28.3. The highest BCUT2D eigenvalue weighted by Gasteiger charge is 2.18. The smallest absolute Gasteiger partial charge is 0.0542 e.